The number of rotatable bonds is 3. The molecule has 0 unspecified atom stereocenters. The van der Waals surface area contributed by atoms with Crippen molar-refractivity contribution in [2.75, 3.05) is 4.90 Å². The van der Waals surface area contributed by atoms with Crippen LogP contribution in [-0.2, 0) is 0 Å². The van der Waals surface area contributed by atoms with Crippen molar-refractivity contribution >= 4 is 56.9 Å². The molecule has 7 rings (SSSR count). The molecule has 3 nitrogen and oxygen atoms in total. The van der Waals surface area contributed by atoms with E-state index in [0.29, 0.717) is 16.7 Å². The molecule has 0 amide bonds. The van der Waals surface area contributed by atoms with E-state index in [9.17, 15) is 4.79 Å². The molecule has 1 aromatic heterocycles. The van der Waals surface area contributed by atoms with Gasteiger partial charge in [0.2, 0.25) is 0 Å². The fraction of sp³-hybridized carbons (Fsp3) is 0.0294. The van der Waals surface area contributed by atoms with Gasteiger partial charge in [0.05, 0.1) is 5.39 Å². The van der Waals surface area contributed by atoms with Gasteiger partial charge in [-0.3, -0.25) is 4.79 Å². The normalized spacial score (nSPS) is 13.7. The highest BCUT2D eigenvalue weighted by Gasteiger charge is 2.48. The molecule has 1 aliphatic heterocycles. The lowest BCUT2D eigenvalue weighted by Gasteiger charge is -2.45. The number of hydrogen-bond donors (Lipinski definition) is 0. The summed E-state index contributed by atoms with van der Waals surface area (Å²) in [6.07, 6.45) is 0. The number of anilines is 3. The van der Waals surface area contributed by atoms with Crippen LogP contribution in [0.4, 0.5) is 17.1 Å². The number of benzene rings is 5. The van der Waals surface area contributed by atoms with Crippen molar-refractivity contribution in [3.05, 3.63) is 149 Å². The SMILES string of the molecule is Cc1cc(=O)c2ccc(N3c4ccccc4[Si](c4ccccc4)(c4ccccc4)c4ccccc43)cc2o1. The van der Waals surface area contributed by atoms with Crippen molar-refractivity contribution < 1.29 is 4.42 Å². The minimum absolute atomic E-state index is 0.0191. The average molecular weight is 508 g/mol. The van der Waals surface area contributed by atoms with Crippen LogP contribution in [0.15, 0.2) is 143 Å². The Bertz CT molecular complexity index is 1770. The van der Waals surface area contributed by atoms with E-state index in [1.54, 1.807) is 6.07 Å². The van der Waals surface area contributed by atoms with E-state index < -0.39 is 8.07 Å². The van der Waals surface area contributed by atoms with Crippen molar-refractivity contribution in [3.8, 4) is 0 Å². The van der Waals surface area contributed by atoms with Crippen LogP contribution in [0.3, 0.4) is 0 Å². The van der Waals surface area contributed by atoms with Gasteiger partial charge < -0.3 is 9.32 Å². The van der Waals surface area contributed by atoms with Gasteiger partial charge in [0.1, 0.15) is 11.3 Å². The van der Waals surface area contributed by atoms with E-state index in [2.05, 4.69) is 114 Å². The summed E-state index contributed by atoms with van der Waals surface area (Å²) in [7, 11) is -2.64. The molecular weight excluding hydrogens is 482 g/mol. The van der Waals surface area contributed by atoms with Crippen molar-refractivity contribution in [1.29, 1.82) is 0 Å². The quantitative estimate of drug-likeness (QED) is 0.306. The molecule has 6 aromatic rings. The van der Waals surface area contributed by atoms with Gasteiger partial charge in [-0.1, -0.05) is 97.1 Å². The van der Waals surface area contributed by atoms with Crippen molar-refractivity contribution in [2.45, 2.75) is 6.92 Å². The van der Waals surface area contributed by atoms with Gasteiger partial charge >= 0.3 is 0 Å². The highest BCUT2D eigenvalue weighted by Crippen LogP contribution is 2.38. The Kier molecular flexibility index (Phi) is 5.17. The molecule has 0 saturated carbocycles. The largest absolute Gasteiger partial charge is 0.461 e. The summed E-state index contributed by atoms with van der Waals surface area (Å²) in [6.45, 7) is 1.82. The summed E-state index contributed by atoms with van der Waals surface area (Å²) < 4.78 is 6.01. The molecule has 0 N–H and O–H groups in total. The molecule has 0 fully saturated rings. The molecule has 0 spiro atoms. The Balaban J connectivity index is 1.59. The average Bonchev–Trinajstić information content (AvgIpc) is 2.96. The molecule has 38 heavy (non-hydrogen) atoms. The van der Waals surface area contributed by atoms with E-state index in [1.165, 1.54) is 20.7 Å². The summed E-state index contributed by atoms with van der Waals surface area (Å²) in [5.41, 5.74) is 3.85. The summed E-state index contributed by atoms with van der Waals surface area (Å²) >= 11 is 0. The Morgan fingerprint density at radius 1 is 0.605 bits per heavy atom. The number of para-hydroxylation sites is 2. The molecule has 0 atom stereocenters. The second-order valence-corrected chi connectivity index (χ2v) is 13.5. The standard InChI is InChI=1S/C34H25NO2Si/c1-24-22-31(36)28-21-20-25(23-32(28)37-24)35-29-16-8-10-18-33(29)38(26-12-4-2-5-13-26,27-14-6-3-7-15-27)34-19-11-9-17-30(34)35/h2-23H,1H3. The van der Waals surface area contributed by atoms with Crippen molar-refractivity contribution in [3.63, 3.8) is 0 Å². The van der Waals surface area contributed by atoms with Crippen LogP contribution in [0, 0.1) is 6.92 Å². The monoisotopic (exact) mass is 507 g/mol. The van der Waals surface area contributed by atoms with E-state index in [0.717, 1.165) is 17.1 Å². The molecular formula is C34H25NO2Si. The molecule has 4 heteroatoms. The van der Waals surface area contributed by atoms with Gasteiger partial charge in [0.25, 0.3) is 0 Å². The molecule has 2 heterocycles. The van der Waals surface area contributed by atoms with Gasteiger partial charge in [-0.2, -0.15) is 0 Å². The maximum atomic E-state index is 12.6. The van der Waals surface area contributed by atoms with Gasteiger partial charge in [-0.05, 0) is 51.9 Å². The van der Waals surface area contributed by atoms with Crippen LogP contribution in [-0.4, -0.2) is 8.07 Å². The second-order valence-electron chi connectivity index (χ2n) is 9.75. The molecule has 182 valence electrons. The lowest BCUT2D eigenvalue weighted by atomic mass is 10.1. The molecule has 0 saturated heterocycles. The number of hydrogen-bond acceptors (Lipinski definition) is 3. The van der Waals surface area contributed by atoms with Crippen molar-refractivity contribution in [2.24, 2.45) is 0 Å². The minimum Gasteiger partial charge on any atom is -0.461 e. The Morgan fingerprint density at radius 3 is 1.71 bits per heavy atom. The first-order valence-electron chi connectivity index (χ1n) is 12.8. The second kappa shape index (κ2) is 8.72. The van der Waals surface area contributed by atoms with Crippen molar-refractivity contribution in [1.82, 2.24) is 0 Å². The van der Waals surface area contributed by atoms with Crippen LogP contribution in [0.2, 0.25) is 0 Å². The maximum absolute atomic E-state index is 12.6. The Hall–Kier alpha value is -4.67. The minimum atomic E-state index is -2.64. The fourth-order valence-electron chi connectivity index (χ4n) is 6.09. The van der Waals surface area contributed by atoms with E-state index in [4.69, 9.17) is 4.42 Å². The predicted molar refractivity (Wildman–Crippen MR) is 159 cm³/mol. The lowest BCUT2D eigenvalue weighted by molar-refractivity contribution is 0.565. The predicted octanol–water partition coefficient (Wildman–Crippen LogP) is 5.26. The van der Waals surface area contributed by atoms with Crippen LogP contribution in [0.25, 0.3) is 11.0 Å². The molecule has 0 aliphatic carbocycles. The third-order valence-corrected chi connectivity index (χ3v) is 12.5. The zero-order valence-corrected chi connectivity index (χ0v) is 22.0. The molecule has 1 aliphatic rings. The van der Waals surface area contributed by atoms with E-state index in [-0.39, 0.29) is 5.43 Å². The molecule has 5 aromatic carbocycles. The van der Waals surface area contributed by atoms with E-state index in [1.807, 2.05) is 25.1 Å². The summed E-state index contributed by atoms with van der Waals surface area (Å²) in [5, 5.41) is 5.97. The molecule has 0 bridgehead atoms. The first-order chi connectivity index (χ1) is 18.7. The first kappa shape index (κ1) is 22.5. The smallest absolute Gasteiger partial charge is 0.192 e. The van der Waals surface area contributed by atoms with Crippen LogP contribution >= 0.6 is 0 Å². The third-order valence-electron chi connectivity index (χ3n) is 7.61. The topological polar surface area (TPSA) is 33.5 Å². The highest BCUT2D eigenvalue weighted by molar-refractivity contribution is 7.21. The first-order valence-corrected chi connectivity index (χ1v) is 14.8. The zero-order chi connectivity index (χ0) is 25.7. The number of nitrogens with zero attached hydrogens (tertiary/aromatic N) is 1. The Labute approximate surface area is 222 Å². The van der Waals surface area contributed by atoms with Crippen LogP contribution in [0.1, 0.15) is 5.76 Å². The van der Waals surface area contributed by atoms with Crippen LogP contribution < -0.4 is 31.1 Å². The summed E-state index contributed by atoms with van der Waals surface area (Å²) in [4.78, 5) is 14.9. The fourth-order valence-corrected chi connectivity index (χ4v) is 11.2. The number of aryl methyl sites for hydroxylation is 1. The highest BCUT2D eigenvalue weighted by atomic mass is 28.3. The van der Waals surface area contributed by atoms with E-state index >= 15 is 0 Å². The molecule has 0 radical (unpaired) electrons. The van der Waals surface area contributed by atoms with Gasteiger partial charge in [0, 0.05) is 29.2 Å². The van der Waals surface area contributed by atoms with Gasteiger partial charge in [-0.15, -0.1) is 0 Å². The zero-order valence-electron chi connectivity index (χ0n) is 21.0. The summed E-state index contributed by atoms with van der Waals surface area (Å²) in [5.74, 6) is 0.610. The maximum Gasteiger partial charge on any atom is 0.192 e. The van der Waals surface area contributed by atoms with Gasteiger partial charge in [-0.25, -0.2) is 0 Å². The third kappa shape index (κ3) is 3.24. The Morgan fingerprint density at radius 2 is 1.13 bits per heavy atom. The van der Waals surface area contributed by atoms with Gasteiger partial charge in [0.15, 0.2) is 13.5 Å². The number of fused-ring (bicyclic) bond motifs is 3. The lowest BCUT2D eigenvalue weighted by Crippen LogP contribution is -2.77. The van der Waals surface area contributed by atoms with Crippen LogP contribution in [0.5, 0.6) is 0 Å². The summed E-state index contributed by atoms with van der Waals surface area (Å²) in [6, 6.07) is 47.0.